The third-order valence-corrected chi connectivity index (χ3v) is 5.22. The first-order valence-corrected chi connectivity index (χ1v) is 8.76. The maximum absolute atomic E-state index is 12.8. The Morgan fingerprint density at radius 1 is 0.750 bits per heavy atom. The molecule has 0 spiro atoms. The van der Waals surface area contributed by atoms with Crippen LogP contribution >= 0.6 is 0 Å². The number of aromatic nitrogens is 1. The van der Waals surface area contributed by atoms with Crippen LogP contribution in [0.1, 0.15) is 23.5 Å². The fourth-order valence-corrected chi connectivity index (χ4v) is 3.89. The van der Waals surface area contributed by atoms with Crippen molar-refractivity contribution >= 4 is 16.9 Å². The molecule has 0 fully saturated rings. The van der Waals surface area contributed by atoms with Crippen molar-refractivity contribution in [3.05, 3.63) is 51.8 Å². The number of hydrogen-bond donors (Lipinski definition) is 1. The second kappa shape index (κ2) is 5.41. The molecule has 3 aliphatic heterocycles. The van der Waals surface area contributed by atoms with Crippen LogP contribution in [0, 0.1) is 0 Å². The molecule has 0 unspecified atom stereocenters. The van der Waals surface area contributed by atoms with Gasteiger partial charge in [0.2, 0.25) is 13.6 Å². The van der Waals surface area contributed by atoms with Gasteiger partial charge in [-0.25, -0.2) is 0 Å². The van der Waals surface area contributed by atoms with Gasteiger partial charge in [0, 0.05) is 34.6 Å². The molecule has 3 aromatic rings. The van der Waals surface area contributed by atoms with Gasteiger partial charge < -0.3 is 28.7 Å². The second-order valence-corrected chi connectivity index (χ2v) is 6.82. The summed E-state index contributed by atoms with van der Waals surface area (Å²) in [5.74, 6) is 1.84. The fourth-order valence-electron chi connectivity index (χ4n) is 3.89. The van der Waals surface area contributed by atoms with Crippen molar-refractivity contribution in [2.24, 2.45) is 0 Å². The number of H-pyrrole nitrogens is 1. The van der Waals surface area contributed by atoms with E-state index in [-0.39, 0.29) is 25.6 Å². The zero-order valence-corrected chi connectivity index (χ0v) is 14.4. The molecule has 0 saturated heterocycles. The van der Waals surface area contributed by atoms with Gasteiger partial charge in [0.05, 0.1) is 11.9 Å². The molecule has 1 atom stereocenters. The number of ether oxygens (including phenoxy) is 5. The van der Waals surface area contributed by atoms with Crippen LogP contribution in [0.4, 0.5) is 0 Å². The molecular formula is C20H13NO7. The van der Waals surface area contributed by atoms with E-state index in [9.17, 15) is 9.59 Å². The molecule has 4 heterocycles. The van der Waals surface area contributed by atoms with Gasteiger partial charge >= 0.3 is 5.97 Å². The smallest absolute Gasteiger partial charge is 0.312 e. The van der Waals surface area contributed by atoms with Gasteiger partial charge in [-0.15, -0.1) is 0 Å². The largest absolute Gasteiger partial charge is 0.454 e. The van der Waals surface area contributed by atoms with E-state index in [4.69, 9.17) is 23.7 Å². The quantitative estimate of drug-likeness (QED) is 0.512. The Hall–Kier alpha value is -3.68. The van der Waals surface area contributed by atoms with Crippen molar-refractivity contribution < 1.29 is 28.5 Å². The Bertz CT molecular complexity index is 1230. The first-order chi connectivity index (χ1) is 13.7. The Morgan fingerprint density at radius 3 is 2.21 bits per heavy atom. The highest BCUT2D eigenvalue weighted by molar-refractivity contribution is 5.84. The summed E-state index contributed by atoms with van der Waals surface area (Å²) in [6.07, 6.45) is 0.0613. The lowest BCUT2D eigenvalue weighted by Gasteiger charge is -2.24. The summed E-state index contributed by atoms with van der Waals surface area (Å²) < 4.78 is 27.0. The number of benzene rings is 2. The topological polar surface area (TPSA) is 96.1 Å². The Balaban J connectivity index is 1.54. The molecule has 8 nitrogen and oxygen atoms in total. The lowest BCUT2D eigenvalue weighted by Crippen LogP contribution is -2.25. The number of carbonyl (C=O) groups is 1. The molecule has 2 aromatic carbocycles. The summed E-state index contributed by atoms with van der Waals surface area (Å²) >= 11 is 0. The van der Waals surface area contributed by atoms with E-state index in [2.05, 4.69) is 4.98 Å². The maximum atomic E-state index is 12.8. The van der Waals surface area contributed by atoms with Gasteiger partial charge in [0.15, 0.2) is 23.0 Å². The highest BCUT2D eigenvalue weighted by Gasteiger charge is 2.33. The SMILES string of the molecule is O=C1C[C@@H](c2cc3cc4c(cc3[nH]c2=O)OCO4)c2cc3c(cc2O1)OCO3. The van der Waals surface area contributed by atoms with Crippen molar-refractivity contribution in [2.75, 3.05) is 13.6 Å². The van der Waals surface area contributed by atoms with Gasteiger partial charge in [-0.3, -0.25) is 9.59 Å². The zero-order chi connectivity index (χ0) is 18.8. The number of aromatic amines is 1. The van der Waals surface area contributed by atoms with Gasteiger partial charge in [0.25, 0.3) is 5.56 Å². The summed E-state index contributed by atoms with van der Waals surface area (Å²) in [5.41, 5.74) is 1.56. The number of fused-ring (bicyclic) bond motifs is 4. The summed E-state index contributed by atoms with van der Waals surface area (Å²) in [4.78, 5) is 27.9. The van der Waals surface area contributed by atoms with Crippen LogP contribution in [0.15, 0.2) is 35.1 Å². The molecule has 0 amide bonds. The Kier molecular flexibility index (Phi) is 2.98. The Labute approximate surface area is 157 Å². The molecule has 0 aliphatic carbocycles. The monoisotopic (exact) mass is 379 g/mol. The van der Waals surface area contributed by atoms with Crippen LogP contribution in [0.25, 0.3) is 10.9 Å². The molecule has 0 radical (unpaired) electrons. The fraction of sp³-hybridized carbons (Fsp3) is 0.200. The van der Waals surface area contributed by atoms with E-state index in [1.54, 1.807) is 24.3 Å². The minimum atomic E-state index is -0.454. The van der Waals surface area contributed by atoms with E-state index in [0.717, 1.165) is 10.9 Å². The van der Waals surface area contributed by atoms with Crippen LogP contribution in [-0.4, -0.2) is 24.5 Å². The van der Waals surface area contributed by atoms with Crippen molar-refractivity contribution in [1.29, 1.82) is 0 Å². The standard InChI is InChI=1S/C20H13NO7/c22-19-4-10(11-3-16-18(27-8-25-16)6-14(11)28-19)12-1-9-2-15-17(26-7-24-15)5-13(9)21-20(12)23/h1-3,5-6,10H,4,7-8H2,(H,21,23)/t10-/m1/s1. The predicted octanol–water partition coefficient (Wildman–Crippen LogP) is 2.43. The molecule has 3 aliphatic rings. The maximum Gasteiger partial charge on any atom is 0.312 e. The number of carbonyl (C=O) groups excluding carboxylic acids is 1. The lowest BCUT2D eigenvalue weighted by molar-refractivity contribution is -0.135. The van der Waals surface area contributed by atoms with E-state index in [1.807, 2.05) is 6.07 Å². The highest BCUT2D eigenvalue weighted by Crippen LogP contribution is 2.46. The third-order valence-electron chi connectivity index (χ3n) is 5.22. The van der Waals surface area contributed by atoms with E-state index < -0.39 is 11.9 Å². The van der Waals surface area contributed by atoms with Crippen LogP contribution < -0.4 is 29.2 Å². The number of nitrogens with one attached hydrogen (secondary N) is 1. The molecule has 0 bridgehead atoms. The third kappa shape index (κ3) is 2.17. The summed E-state index contributed by atoms with van der Waals surface area (Å²) in [5, 5.41) is 0.792. The van der Waals surface area contributed by atoms with Crippen molar-refractivity contribution in [2.45, 2.75) is 12.3 Å². The van der Waals surface area contributed by atoms with Crippen LogP contribution in [0.5, 0.6) is 28.7 Å². The average molecular weight is 379 g/mol. The summed E-state index contributed by atoms with van der Waals surface area (Å²) in [7, 11) is 0. The molecule has 1 N–H and O–H groups in total. The molecule has 1 aromatic heterocycles. The first-order valence-electron chi connectivity index (χ1n) is 8.76. The molecular weight excluding hydrogens is 366 g/mol. The predicted molar refractivity (Wildman–Crippen MR) is 95.4 cm³/mol. The van der Waals surface area contributed by atoms with E-state index in [1.165, 1.54) is 0 Å². The van der Waals surface area contributed by atoms with E-state index >= 15 is 0 Å². The van der Waals surface area contributed by atoms with Crippen LogP contribution in [0.2, 0.25) is 0 Å². The van der Waals surface area contributed by atoms with Gasteiger partial charge in [-0.05, 0) is 18.2 Å². The number of hydrogen-bond acceptors (Lipinski definition) is 7. The molecule has 140 valence electrons. The average Bonchev–Trinajstić information content (AvgIpc) is 3.31. The number of rotatable bonds is 1. The normalized spacial score (nSPS) is 18.9. The Morgan fingerprint density at radius 2 is 1.43 bits per heavy atom. The minimum Gasteiger partial charge on any atom is -0.454 e. The van der Waals surface area contributed by atoms with E-state index in [0.29, 0.717) is 39.8 Å². The van der Waals surface area contributed by atoms with Crippen molar-refractivity contribution in [3.63, 3.8) is 0 Å². The lowest BCUT2D eigenvalue weighted by atomic mass is 9.86. The van der Waals surface area contributed by atoms with Crippen molar-refractivity contribution in [3.8, 4) is 28.7 Å². The zero-order valence-electron chi connectivity index (χ0n) is 14.4. The first kappa shape index (κ1) is 15.4. The molecule has 8 heteroatoms. The van der Waals surface area contributed by atoms with Crippen LogP contribution in [-0.2, 0) is 4.79 Å². The molecule has 28 heavy (non-hydrogen) atoms. The second-order valence-electron chi connectivity index (χ2n) is 6.82. The minimum absolute atomic E-state index is 0.0613. The molecule has 6 rings (SSSR count). The summed E-state index contributed by atoms with van der Waals surface area (Å²) in [6, 6.07) is 8.75. The number of pyridine rings is 1. The summed E-state index contributed by atoms with van der Waals surface area (Å²) in [6.45, 7) is 0.262. The number of esters is 1. The van der Waals surface area contributed by atoms with Gasteiger partial charge in [0.1, 0.15) is 5.75 Å². The van der Waals surface area contributed by atoms with Gasteiger partial charge in [-0.2, -0.15) is 0 Å². The highest BCUT2D eigenvalue weighted by atomic mass is 16.7. The van der Waals surface area contributed by atoms with Crippen molar-refractivity contribution in [1.82, 2.24) is 4.98 Å². The van der Waals surface area contributed by atoms with Gasteiger partial charge in [-0.1, -0.05) is 0 Å². The van der Waals surface area contributed by atoms with Crippen LogP contribution in [0.3, 0.4) is 0 Å². The molecule has 0 saturated carbocycles.